The molecular weight excluding hydrogens is 378 g/mol. The van der Waals surface area contributed by atoms with Gasteiger partial charge in [0.25, 0.3) is 5.91 Å². The molecule has 0 spiro atoms. The van der Waals surface area contributed by atoms with Gasteiger partial charge >= 0.3 is 0 Å². The Kier molecular flexibility index (Phi) is 6.24. The Morgan fingerprint density at radius 3 is 2.50 bits per heavy atom. The van der Waals surface area contributed by atoms with Crippen LogP contribution in [-0.2, 0) is 16.4 Å². The number of carbonyl (C=O) groups is 1. The second-order valence-electron chi connectivity index (χ2n) is 6.80. The first-order chi connectivity index (χ1) is 13.4. The lowest BCUT2D eigenvalue weighted by atomic mass is 10.1. The third-order valence-corrected chi connectivity index (χ3v) is 6.56. The van der Waals surface area contributed by atoms with E-state index >= 15 is 0 Å². The highest BCUT2D eigenvalue weighted by Gasteiger charge is 2.35. The standard InChI is InChI=1S/C21H25NO5S/c1-3-27-19-9-7-16(8-10-19)14-22(18-11-12-28(24,25)15-18)21(23)17-5-4-6-20(13-17)26-2/h4-10,13,18H,3,11-12,14-15H2,1-2H3. The Balaban J connectivity index is 1.87. The predicted octanol–water partition coefficient (Wildman–Crippen LogP) is 2.92. The van der Waals surface area contributed by atoms with E-state index in [2.05, 4.69) is 0 Å². The highest BCUT2D eigenvalue weighted by atomic mass is 32.2. The molecule has 150 valence electrons. The predicted molar refractivity (Wildman–Crippen MR) is 108 cm³/mol. The molecule has 0 N–H and O–H groups in total. The van der Waals surface area contributed by atoms with Crippen LogP contribution in [0.5, 0.6) is 11.5 Å². The molecule has 7 heteroatoms. The molecule has 0 aromatic heterocycles. The van der Waals surface area contributed by atoms with Crippen LogP contribution < -0.4 is 9.47 Å². The van der Waals surface area contributed by atoms with E-state index in [0.29, 0.717) is 30.9 Å². The van der Waals surface area contributed by atoms with Crippen molar-refractivity contribution in [3.8, 4) is 11.5 Å². The fraction of sp³-hybridized carbons (Fsp3) is 0.381. The molecule has 2 aromatic rings. The lowest BCUT2D eigenvalue weighted by molar-refractivity contribution is 0.0680. The van der Waals surface area contributed by atoms with Crippen molar-refractivity contribution in [2.24, 2.45) is 0 Å². The SMILES string of the molecule is CCOc1ccc(CN(C(=O)c2cccc(OC)c2)C2CCS(=O)(=O)C2)cc1. The minimum absolute atomic E-state index is 0.000260. The molecule has 28 heavy (non-hydrogen) atoms. The molecule has 6 nitrogen and oxygen atoms in total. The number of carbonyl (C=O) groups excluding carboxylic acids is 1. The Hall–Kier alpha value is -2.54. The molecule has 1 fully saturated rings. The Bertz CT molecular complexity index is 924. The van der Waals surface area contributed by atoms with Gasteiger partial charge in [0.1, 0.15) is 11.5 Å². The highest BCUT2D eigenvalue weighted by molar-refractivity contribution is 7.91. The maximum absolute atomic E-state index is 13.2. The summed E-state index contributed by atoms with van der Waals surface area (Å²) < 4.78 is 34.7. The van der Waals surface area contributed by atoms with Crippen molar-refractivity contribution in [1.29, 1.82) is 0 Å². The lowest BCUT2D eigenvalue weighted by Crippen LogP contribution is -2.40. The fourth-order valence-corrected chi connectivity index (χ4v) is 5.10. The molecule has 1 aliphatic heterocycles. The van der Waals surface area contributed by atoms with Crippen molar-refractivity contribution in [3.05, 3.63) is 59.7 Å². The Morgan fingerprint density at radius 2 is 1.89 bits per heavy atom. The number of hydrogen-bond donors (Lipinski definition) is 0. The van der Waals surface area contributed by atoms with Crippen LogP contribution in [0.3, 0.4) is 0 Å². The molecule has 0 aliphatic carbocycles. The van der Waals surface area contributed by atoms with Gasteiger partial charge < -0.3 is 14.4 Å². The monoisotopic (exact) mass is 403 g/mol. The summed E-state index contributed by atoms with van der Waals surface area (Å²) in [5.74, 6) is 1.27. The molecule has 3 rings (SSSR count). The minimum Gasteiger partial charge on any atom is -0.497 e. The summed E-state index contributed by atoms with van der Waals surface area (Å²) in [6.45, 7) is 2.84. The van der Waals surface area contributed by atoms with Crippen LogP contribution in [0, 0.1) is 0 Å². The van der Waals surface area contributed by atoms with Gasteiger partial charge in [-0.1, -0.05) is 18.2 Å². The molecule has 1 amide bonds. The fourth-order valence-electron chi connectivity index (χ4n) is 3.36. The molecule has 1 aliphatic rings. The zero-order valence-corrected chi connectivity index (χ0v) is 16.9. The number of methoxy groups -OCH3 is 1. The van der Waals surface area contributed by atoms with Crippen LogP contribution >= 0.6 is 0 Å². The average molecular weight is 404 g/mol. The molecule has 0 radical (unpaired) electrons. The quantitative estimate of drug-likeness (QED) is 0.711. The first-order valence-electron chi connectivity index (χ1n) is 9.29. The first kappa shape index (κ1) is 20.2. The van der Waals surface area contributed by atoms with Crippen molar-refractivity contribution in [3.63, 3.8) is 0 Å². The van der Waals surface area contributed by atoms with Gasteiger partial charge in [-0.05, 0) is 49.2 Å². The number of amides is 1. The van der Waals surface area contributed by atoms with Crippen molar-refractivity contribution < 1.29 is 22.7 Å². The smallest absolute Gasteiger partial charge is 0.254 e. The zero-order valence-electron chi connectivity index (χ0n) is 16.1. The largest absolute Gasteiger partial charge is 0.497 e. The van der Waals surface area contributed by atoms with Gasteiger partial charge in [-0.3, -0.25) is 4.79 Å². The van der Waals surface area contributed by atoms with E-state index in [9.17, 15) is 13.2 Å². The van der Waals surface area contributed by atoms with Gasteiger partial charge in [0.2, 0.25) is 0 Å². The van der Waals surface area contributed by atoms with Gasteiger partial charge in [0.15, 0.2) is 9.84 Å². The van der Waals surface area contributed by atoms with Gasteiger partial charge in [-0.2, -0.15) is 0 Å². The summed E-state index contributed by atoms with van der Waals surface area (Å²) in [5, 5.41) is 0. The van der Waals surface area contributed by atoms with Gasteiger partial charge in [0.05, 0.1) is 25.2 Å². The second kappa shape index (κ2) is 8.65. The van der Waals surface area contributed by atoms with E-state index < -0.39 is 9.84 Å². The summed E-state index contributed by atoms with van der Waals surface area (Å²) in [5.41, 5.74) is 1.40. The number of sulfone groups is 1. The maximum atomic E-state index is 13.2. The molecular formula is C21H25NO5S. The van der Waals surface area contributed by atoms with Crippen LogP contribution in [0.4, 0.5) is 0 Å². The molecule has 1 heterocycles. The third-order valence-electron chi connectivity index (χ3n) is 4.81. The van der Waals surface area contributed by atoms with E-state index in [0.717, 1.165) is 11.3 Å². The van der Waals surface area contributed by atoms with Crippen molar-refractivity contribution >= 4 is 15.7 Å². The molecule has 1 atom stereocenters. The third kappa shape index (κ3) is 4.84. The topological polar surface area (TPSA) is 72.9 Å². The second-order valence-corrected chi connectivity index (χ2v) is 9.03. The van der Waals surface area contributed by atoms with Crippen molar-refractivity contribution in [1.82, 2.24) is 4.90 Å². The summed E-state index contributed by atoms with van der Waals surface area (Å²) in [6, 6.07) is 14.1. The highest BCUT2D eigenvalue weighted by Crippen LogP contribution is 2.24. The molecule has 0 bridgehead atoms. The number of rotatable bonds is 7. The summed E-state index contributed by atoms with van der Waals surface area (Å²) >= 11 is 0. The zero-order chi connectivity index (χ0) is 20.1. The number of nitrogens with zero attached hydrogens (tertiary/aromatic N) is 1. The Labute approximate surface area is 166 Å². The van der Waals surface area contributed by atoms with Gasteiger partial charge in [0, 0.05) is 18.2 Å². The van der Waals surface area contributed by atoms with E-state index in [1.54, 1.807) is 36.3 Å². The van der Waals surface area contributed by atoms with E-state index in [-0.39, 0.29) is 23.5 Å². The van der Waals surface area contributed by atoms with Crippen LogP contribution in [0.1, 0.15) is 29.3 Å². The number of benzene rings is 2. The van der Waals surface area contributed by atoms with Crippen molar-refractivity contribution in [2.75, 3.05) is 25.2 Å². The number of hydrogen-bond acceptors (Lipinski definition) is 5. The molecule has 2 aromatic carbocycles. The van der Waals surface area contributed by atoms with Crippen molar-refractivity contribution in [2.45, 2.75) is 25.9 Å². The Morgan fingerprint density at radius 1 is 1.14 bits per heavy atom. The van der Waals surface area contributed by atoms with Crippen LogP contribution in [0.15, 0.2) is 48.5 Å². The van der Waals surface area contributed by atoms with E-state index in [4.69, 9.17) is 9.47 Å². The van der Waals surface area contributed by atoms with Gasteiger partial charge in [-0.15, -0.1) is 0 Å². The van der Waals surface area contributed by atoms with Crippen LogP contribution in [0.25, 0.3) is 0 Å². The molecule has 1 saturated heterocycles. The molecule has 0 saturated carbocycles. The molecule has 1 unspecified atom stereocenters. The summed E-state index contributed by atoms with van der Waals surface area (Å²) in [4.78, 5) is 14.9. The summed E-state index contributed by atoms with van der Waals surface area (Å²) in [6.07, 6.45) is 0.453. The van der Waals surface area contributed by atoms with Crippen LogP contribution in [-0.4, -0.2) is 50.5 Å². The lowest BCUT2D eigenvalue weighted by Gasteiger charge is -2.28. The minimum atomic E-state index is -3.11. The van der Waals surface area contributed by atoms with Gasteiger partial charge in [-0.25, -0.2) is 8.42 Å². The van der Waals surface area contributed by atoms with E-state index in [1.807, 2.05) is 31.2 Å². The summed E-state index contributed by atoms with van der Waals surface area (Å²) in [7, 11) is -1.57. The number of ether oxygens (including phenoxy) is 2. The maximum Gasteiger partial charge on any atom is 0.254 e. The first-order valence-corrected chi connectivity index (χ1v) is 11.1. The average Bonchev–Trinajstić information content (AvgIpc) is 3.06. The normalized spacial score (nSPS) is 17.9. The van der Waals surface area contributed by atoms with E-state index in [1.165, 1.54) is 0 Å². The van der Waals surface area contributed by atoms with Crippen LogP contribution in [0.2, 0.25) is 0 Å².